The van der Waals surface area contributed by atoms with E-state index in [1.807, 2.05) is 0 Å². The van der Waals surface area contributed by atoms with Crippen LogP contribution in [0.25, 0.3) is 0 Å². The molecule has 4 nitrogen and oxygen atoms in total. The Morgan fingerprint density at radius 3 is 1.96 bits per heavy atom. The smallest absolute Gasteiger partial charge is 0.101 e. The number of rotatable bonds is 7. The monoisotopic (exact) mass is 328 g/mol. The van der Waals surface area contributed by atoms with Crippen LogP contribution in [0.2, 0.25) is 0 Å². The molecule has 2 rings (SSSR count). The van der Waals surface area contributed by atoms with Crippen molar-refractivity contribution in [3.63, 3.8) is 0 Å². The second-order valence-electron chi connectivity index (χ2n) is 8.24. The van der Waals surface area contributed by atoms with Gasteiger partial charge in [-0.15, -0.1) is 0 Å². The van der Waals surface area contributed by atoms with Crippen LogP contribution in [-0.2, 0) is 9.47 Å². The standard InChI is InChI=1S/C19H36O4/c1-19(2,14-4-8-16(20)9-5-14)15-6-10-18(11-7-15)23-13-17(21)12-22-3/h14-18,20-21H,4-13H2,1-3H3. The summed E-state index contributed by atoms with van der Waals surface area (Å²) in [5.41, 5.74) is 0.362. The Labute approximate surface area is 141 Å². The van der Waals surface area contributed by atoms with Gasteiger partial charge in [0, 0.05) is 7.11 Å². The van der Waals surface area contributed by atoms with E-state index in [9.17, 15) is 10.2 Å². The van der Waals surface area contributed by atoms with Gasteiger partial charge in [-0.05, 0) is 68.6 Å². The van der Waals surface area contributed by atoms with Gasteiger partial charge in [0.15, 0.2) is 0 Å². The van der Waals surface area contributed by atoms with Gasteiger partial charge in [-0.3, -0.25) is 0 Å². The molecule has 136 valence electrons. The summed E-state index contributed by atoms with van der Waals surface area (Å²) in [7, 11) is 1.60. The molecule has 0 aliphatic heterocycles. The molecule has 0 heterocycles. The van der Waals surface area contributed by atoms with Gasteiger partial charge in [0.25, 0.3) is 0 Å². The van der Waals surface area contributed by atoms with Crippen LogP contribution >= 0.6 is 0 Å². The first-order chi connectivity index (χ1) is 10.9. The molecule has 2 N–H and O–H groups in total. The molecular formula is C19H36O4. The second-order valence-corrected chi connectivity index (χ2v) is 8.24. The second kappa shape index (κ2) is 8.80. The van der Waals surface area contributed by atoms with E-state index in [0.717, 1.165) is 37.5 Å². The highest BCUT2D eigenvalue weighted by molar-refractivity contribution is 4.90. The highest BCUT2D eigenvalue weighted by atomic mass is 16.5. The van der Waals surface area contributed by atoms with Gasteiger partial charge in [-0.2, -0.15) is 0 Å². The SMILES string of the molecule is COCC(O)COC1CCC(C(C)(C)C2CCC(O)CC2)CC1. The van der Waals surface area contributed by atoms with E-state index in [4.69, 9.17) is 9.47 Å². The largest absolute Gasteiger partial charge is 0.393 e. The molecule has 0 aromatic rings. The highest BCUT2D eigenvalue weighted by Crippen LogP contribution is 2.48. The number of hydrogen-bond acceptors (Lipinski definition) is 4. The third-order valence-corrected chi connectivity index (χ3v) is 6.36. The van der Waals surface area contributed by atoms with Gasteiger partial charge in [0.1, 0.15) is 6.10 Å². The molecule has 2 aliphatic carbocycles. The summed E-state index contributed by atoms with van der Waals surface area (Å²) < 4.78 is 10.8. The maximum atomic E-state index is 9.73. The zero-order valence-electron chi connectivity index (χ0n) is 15.2. The van der Waals surface area contributed by atoms with Crippen LogP contribution in [0.3, 0.4) is 0 Å². The van der Waals surface area contributed by atoms with Gasteiger partial charge in [-0.1, -0.05) is 13.8 Å². The summed E-state index contributed by atoms with van der Waals surface area (Å²) in [6.07, 6.45) is 8.66. The lowest BCUT2D eigenvalue weighted by Crippen LogP contribution is -2.39. The van der Waals surface area contributed by atoms with Crippen molar-refractivity contribution in [1.29, 1.82) is 0 Å². The predicted molar refractivity (Wildman–Crippen MR) is 91.3 cm³/mol. The van der Waals surface area contributed by atoms with Crippen LogP contribution in [-0.4, -0.2) is 48.8 Å². The van der Waals surface area contributed by atoms with E-state index >= 15 is 0 Å². The van der Waals surface area contributed by atoms with E-state index in [0.29, 0.717) is 24.7 Å². The molecule has 0 aromatic heterocycles. The quantitative estimate of drug-likeness (QED) is 0.754. The maximum absolute atomic E-state index is 9.73. The molecule has 2 aliphatic rings. The molecule has 4 heteroatoms. The number of ether oxygens (including phenoxy) is 2. The Kier molecular flexibility index (Phi) is 7.33. The lowest BCUT2D eigenvalue weighted by Gasteiger charge is -2.46. The van der Waals surface area contributed by atoms with Crippen molar-refractivity contribution in [2.75, 3.05) is 20.3 Å². The van der Waals surface area contributed by atoms with E-state index < -0.39 is 6.10 Å². The summed E-state index contributed by atoms with van der Waals surface area (Å²) in [6.45, 7) is 5.59. The Balaban J connectivity index is 1.74. The van der Waals surface area contributed by atoms with Crippen molar-refractivity contribution in [2.45, 2.75) is 83.5 Å². The van der Waals surface area contributed by atoms with Crippen molar-refractivity contribution < 1.29 is 19.7 Å². The first-order valence-corrected chi connectivity index (χ1v) is 9.40. The number of aliphatic hydroxyl groups excluding tert-OH is 2. The molecule has 0 amide bonds. The molecule has 1 unspecified atom stereocenters. The minimum absolute atomic E-state index is 0.0651. The molecule has 1 atom stereocenters. The number of aliphatic hydroxyl groups is 2. The fraction of sp³-hybridized carbons (Fsp3) is 1.00. The fourth-order valence-corrected chi connectivity index (χ4v) is 4.61. The lowest BCUT2D eigenvalue weighted by molar-refractivity contribution is -0.0621. The predicted octanol–water partition coefficient (Wildman–Crippen LogP) is 3.15. The van der Waals surface area contributed by atoms with Crippen molar-refractivity contribution >= 4 is 0 Å². The Morgan fingerprint density at radius 2 is 1.43 bits per heavy atom. The van der Waals surface area contributed by atoms with Crippen LogP contribution in [0.15, 0.2) is 0 Å². The van der Waals surface area contributed by atoms with Crippen molar-refractivity contribution in [3.8, 4) is 0 Å². The Bertz CT molecular complexity index is 328. The first-order valence-electron chi connectivity index (χ1n) is 9.40. The summed E-state index contributed by atoms with van der Waals surface area (Å²) in [6, 6.07) is 0. The summed E-state index contributed by atoms with van der Waals surface area (Å²) >= 11 is 0. The van der Waals surface area contributed by atoms with E-state index in [1.54, 1.807) is 7.11 Å². The third-order valence-electron chi connectivity index (χ3n) is 6.36. The van der Waals surface area contributed by atoms with Gasteiger partial charge in [0.05, 0.1) is 25.4 Å². The van der Waals surface area contributed by atoms with Crippen LogP contribution in [0, 0.1) is 17.3 Å². The fourth-order valence-electron chi connectivity index (χ4n) is 4.61. The lowest BCUT2D eigenvalue weighted by atomic mass is 9.60. The Morgan fingerprint density at radius 1 is 0.913 bits per heavy atom. The first kappa shape index (κ1) is 19.2. The van der Waals surface area contributed by atoms with Gasteiger partial charge in [0.2, 0.25) is 0 Å². The minimum Gasteiger partial charge on any atom is -0.393 e. The topological polar surface area (TPSA) is 58.9 Å². The van der Waals surface area contributed by atoms with Crippen molar-refractivity contribution in [1.82, 2.24) is 0 Å². The summed E-state index contributed by atoms with van der Waals surface area (Å²) in [5, 5.41) is 19.4. The average molecular weight is 328 g/mol. The highest BCUT2D eigenvalue weighted by Gasteiger charge is 2.40. The molecule has 0 aromatic carbocycles. The van der Waals surface area contributed by atoms with Crippen LogP contribution < -0.4 is 0 Å². The summed E-state index contributed by atoms with van der Waals surface area (Å²) in [5.74, 6) is 1.50. The molecule has 2 fully saturated rings. The number of hydrogen-bond donors (Lipinski definition) is 2. The maximum Gasteiger partial charge on any atom is 0.101 e. The normalized spacial score (nSPS) is 34.3. The molecule has 0 bridgehead atoms. The average Bonchev–Trinajstić information content (AvgIpc) is 2.54. The zero-order valence-corrected chi connectivity index (χ0v) is 15.2. The van der Waals surface area contributed by atoms with Crippen molar-refractivity contribution in [3.05, 3.63) is 0 Å². The van der Waals surface area contributed by atoms with Crippen LogP contribution in [0.1, 0.15) is 65.2 Å². The molecule has 0 saturated heterocycles. The van der Waals surface area contributed by atoms with E-state index in [2.05, 4.69) is 13.8 Å². The third kappa shape index (κ3) is 5.42. The Hall–Kier alpha value is -0.160. The van der Waals surface area contributed by atoms with Gasteiger partial charge >= 0.3 is 0 Å². The number of methoxy groups -OCH3 is 1. The zero-order chi connectivity index (χ0) is 16.9. The van der Waals surface area contributed by atoms with Crippen LogP contribution in [0.5, 0.6) is 0 Å². The van der Waals surface area contributed by atoms with E-state index in [-0.39, 0.29) is 6.10 Å². The van der Waals surface area contributed by atoms with E-state index in [1.165, 1.54) is 25.7 Å². The summed E-state index contributed by atoms with van der Waals surface area (Å²) in [4.78, 5) is 0. The molecule has 0 radical (unpaired) electrons. The van der Waals surface area contributed by atoms with Crippen LogP contribution in [0.4, 0.5) is 0 Å². The van der Waals surface area contributed by atoms with Gasteiger partial charge in [-0.25, -0.2) is 0 Å². The molecule has 2 saturated carbocycles. The minimum atomic E-state index is -0.511. The molecule has 0 spiro atoms. The molecular weight excluding hydrogens is 292 g/mol. The molecule has 23 heavy (non-hydrogen) atoms. The van der Waals surface area contributed by atoms with Gasteiger partial charge < -0.3 is 19.7 Å². The van der Waals surface area contributed by atoms with Crippen molar-refractivity contribution in [2.24, 2.45) is 17.3 Å².